The highest BCUT2D eigenvalue weighted by atomic mass is 19.1. The molecule has 8 nitrogen and oxygen atoms in total. The molecule has 10 heteroatoms. The summed E-state index contributed by atoms with van der Waals surface area (Å²) in [6.07, 6.45) is 7.50. The maximum absolute atomic E-state index is 14.8. The van der Waals surface area contributed by atoms with Gasteiger partial charge in [0, 0.05) is 18.3 Å². The summed E-state index contributed by atoms with van der Waals surface area (Å²) < 4.78 is 32.8. The van der Waals surface area contributed by atoms with Gasteiger partial charge in [0.15, 0.2) is 17.3 Å². The molecule has 0 aliphatic heterocycles. The number of nitrogens with one attached hydrogen (secondary N) is 1. The standard InChI is InChI=1S/C25H19F2N7O/c1-14-10-18(27)16(11-20(14)33-12-19(28-13-33)15-5-6-15)25(35)30-21-8-7-17(26)23(29-21)24-32-31-22-4-2-3-9-34(22)24/h2-4,7-13,15H,5-6H2,1H3,(H,29,30,35). The van der Waals surface area contributed by atoms with Crippen molar-refractivity contribution in [3.63, 3.8) is 0 Å². The predicted octanol–water partition coefficient (Wildman–Crippen LogP) is 4.69. The summed E-state index contributed by atoms with van der Waals surface area (Å²) in [4.78, 5) is 21.7. The number of hydrogen-bond donors (Lipinski definition) is 1. The molecule has 1 aromatic carbocycles. The lowest BCUT2D eigenvalue weighted by atomic mass is 10.1. The fourth-order valence-electron chi connectivity index (χ4n) is 4.03. The monoisotopic (exact) mass is 471 g/mol. The quantitative estimate of drug-likeness (QED) is 0.402. The number of rotatable bonds is 5. The Morgan fingerprint density at radius 1 is 1.09 bits per heavy atom. The number of amides is 1. The van der Waals surface area contributed by atoms with E-state index in [2.05, 4.69) is 25.5 Å². The van der Waals surface area contributed by atoms with Crippen LogP contribution in [0.15, 0.2) is 61.2 Å². The summed E-state index contributed by atoms with van der Waals surface area (Å²) >= 11 is 0. The molecule has 0 radical (unpaired) electrons. The third-order valence-electron chi connectivity index (χ3n) is 6.02. The molecule has 174 valence electrons. The van der Waals surface area contributed by atoms with Crippen LogP contribution in [-0.4, -0.2) is 35.0 Å². The van der Waals surface area contributed by atoms with Crippen LogP contribution in [0.5, 0.6) is 0 Å². The minimum atomic E-state index is -0.706. The number of halogens is 2. The molecule has 1 aliphatic rings. The molecule has 0 atom stereocenters. The third-order valence-corrected chi connectivity index (χ3v) is 6.02. The number of aromatic nitrogens is 6. The van der Waals surface area contributed by atoms with E-state index in [0.717, 1.165) is 18.5 Å². The first-order valence-corrected chi connectivity index (χ1v) is 11.1. The van der Waals surface area contributed by atoms with Crippen molar-refractivity contribution in [1.29, 1.82) is 0 Å². The number of carbonyl (C=O) groups is 1. The molecule has 4 heterocycles. The van der Waals surface area contributed by atoms with Gasteiger partial charge in [0.25, 0.3) is 5.91 Å². The molecular weight excluding hydrogens is 452 g/mol. The molecule has 5 aromatic rings. The Hall–Kier alpha value is -4.47. The molecule has 1 fully saturated rings. The number of nitrogens with zero attached hydrogens (tertiary/aromatic N) is 6. The van der Waals surface area contributed by atoms with Gasteiger partial charge in [-0.2, -0.15) is 0 Å². The largest absolute Gasteiger partial charge is 0.306 e. The SMILES string of the molecule is Cc1cc(F)c(C(=O)Nc2ccc(F)c(-c3nnc4ccccn34)n2)cc1-n1cnc(C2CC2)c1. The van der Waals surface area contributed by atoms with Crippen molar-refractivity contribution in [2.24, 2.45) is 0 Å². The molecule has 0 bridgehead atoms. The van der Waals surface area contributed by atoms with Gasteiger partial charge in [-0.3, -0.25) is 9.20 Å². The van der Waals surface area contributed by atoms with E-state index in [1.165, 1.54) is 24.3 Å². The van der Waals surface area contributed by atoms with Crippen molar-refractivity contribution in [1.82, 2.24) is 29.1 Å². The molecule has 1 aliphatic carbocycles. The van der Waals surface area contributed by atoms with Crippen LogP contribution in [0.25, 0.3) is 22.9 Å². The molecule has 1 amide bonds. The fraction of sp³-hybridized carbons (Fsp3) is 0.160. The Morgan fingerprint density at radius 2 is 1.94 bits per heavy atom. The number of carbonyl (C=O) groups excluding carboxylic acids is 1. The highest BCUT2D eigenvalue weighted by Gasteiger charge is 2.26. The van der Waals surface area contributed by atoms with Gasteiger partial charge in [0.1, 0.15) is 17.3 Å². The van der Waals surface area contributed by atoms with Crippen LogP contribution in [-0.2, 0) is 0 Å². The highest BCUT2D eigenvalue weighted by Crippen LogP contribution is 2.39. The van der Waals surface area contributed by atoms with Crippen molar-refractivity contribution in [2.75, 3.05) is 5.32 Å². The summed E-state index contributed by atoms with van der Waals surface area (Å²) in [7, 11) is 0. The van der Waals surface area contributed by atoms with E-state index in [4.69, 9.17) is 0 Å². The van der Waals surface area contributed by atoms with E-state index < -0.39 is 17.5 Å². The topological polar surface area (TPSA) is 90.0 Å². The summed E-state index contributed by atoms with van der Waals surface area (Å²) in [6, 6.07) is 10.5. The zero-order chi connectivity index (χ0) is 24.1. The Balaban J connectivity index is 1.32. The molecule has 0 unspecified atom stereocenters. The lowest BCUT2D eigenvalue weighted by molar-refractivity contribution is 0.102. The molecule has 1 N–H and O–H groups in total. The number of aryl methyl sites for hydroxylation is 1. The van der Waals surface area contributed by atoms with E-state index in [9.17, 15) is 13.6 Å². The first kappa shape index (κ1) is 21.1. The average molecular weight is 471 g/mol. The number of pyridine rings is 2. The summed E-state index contributed by atoms with van der Waals surface area (Å²) in [6.45, 7) is 1.77. The second-order valence-corrected chi connectivity index (χ2v) is 8.53. The first-order chi connectivity index (χ1) is 17.0. The van der Waals surface area contributed by atoms with Gasteiger partial charge in [-0.05, 0) is 61.7 Å². The zero-order valence-corrected chi connectivity index (χ0v) is 18.6. The second kappa shape index (κ2) is 8.08. The van der Waals surface area contributed by atoms with Gasteiger partial charge < -0.3 is 9.88 Å². The predicted molar refractivity (Wildman–Crippen MR) is 124 cm³/mol. The van der Waals surface area contributed by atoms with Crippen LogP contribution in [0.2, 0.25) is 0 Å². The summed E-state index contributed by atoms with van der Waals surface area (Å²) in [5, 5.41) is 10.6. The Kier molecular flexibility index (Phi) is 4.87. The van der Waals surface area contributed by atoms with Crippen molar-refractivity contribution in [2.45, 2.75) is 25.7 Å². The van der Waals surface area contributed by atoms with Crippen LogP contribution in [0.4, 0.5) is 14.6 Å². The van der Waals surface area contributed by atoms with Crippen LogP contribution >= 0.6 is 0 Å². The number of hydrogen-bond acceptors (Lipinski definition) is 5. The smallest absolute Gasteiger partial charge is 0.259 e. The van der Waals surface area contributed by atoms with Gasteiger partial charge in [-0.1, -0.05) is 6.07 Å². The molecule has 0 spiro atoms. The van der Waals surface area contributed by atoms with Crippen LogP contribution in [0.3, 0.4) is 0 Å². The van der Waals surface area contributed by atoms with E-state index >= 15 is 0 Å². The molecule has 6 rings (SSSR count). The van der Waals surface area contributed by atoms with Gasteiger partial charge in [-0.15, -0.1) is 10.2 Å². The van der Waals surface area contributed by atoms with E-state index in [1.54, 1.807) is 46.6 Å². The lowest BCUT2D eigenvalue weighted by Crippen LogP contribution is -2.16. The minimum absolute atomic E-state index is 0.0549. The molecule has 1 saturated carbocycles. The van der Waals surface area contributed by atoms with Crippen molar-refractivity contribution in [3.05, 3.63) is 89.6 Å². The van der Waals surface area contributed by atoms with E-state index in [0.29, 0.717) is 22.8 Å². The Morgan fingerprint density at radius 3 is 2.77 bits per heavy atom. The number of benzene rings is 1. The third kappa shape index (κ3) is 3.82. The number of imidazole rings is 1. The molecule has 0 saturated heterocycles. The van der Waals surface area contributed by atoms with Crippen molar-refractivity contribution in [3.8, 4) is 17.2 Å². The van der Waals surface area contributed by atoms with Crippen molar-refractivity contribution >= 4 is 17.4 Å². The number of anilines is 1. The van der Waals surface area contributed by atoms with Gasteiger partial charge in [0.2, 0.25) is 0 Å². The van der Waals surface area contributed by atoms with Gasteiger partial charge in [-0.25, -0.2) is 18.7 Å². The van der Waals surface area contributed by atoms with E-state index in [1.807, 2.05) is 6.20 Å². The lowest BCUT2D eigenvalue weighted by Gasteiger charge is -2.12. The average Bonchev–Trinajstić information content (AvgIpc) is 3.42. The fourth-order valence-corrected chi connectivity index (χ4v) is 4.03. The maximum atomic E-state index is 14.8. The Bertz CT molecular complexity index is 1600. The first-order valence-electron chi connectivity index (χ1n) is 11.1. The van der Waals surface area contributed by atoms with Gasteiger partial charge >= 0.3 is 0 Å². The van der Waals surface area contributed by atoms with Gasteiger partial charge in [0.05, 0.1) is 23.3 Å². The van der Waals surface area contributed by atoms with E-state index in [-0.39, 0.29) is 22.9 Å². The molecular formula is C25H19F2N7O. The summed E-state index contributed by atoms with van der Waals surface area (Å²) in [5.41, 5.74) is 2.59. The van der Waals surface area contributed by atoms with Crippen LogP contribution in [0.1, 0.15) is 40.4 Å². The minimum Gasteiger partial charge on any atom is -0.306 e. The highest BCUT2D eigenvalue weighted by molar-refractivity contribution is 6.04. The normalized spacial score (nSPS) is 13.3. The summed E-state index contributed by atoms with van der Waals surface area (Å²) in [5.74, 6) is -1.29. The zero-order valence-electron chi connectivity index (χ0n) is 18.6. The van der Waals surface area contributed by atoms with Crippen molar-refractivity contribution < 1.29 is 13.6 Å². The van der Waals surface area contributed by atoms with Crippen LogP contribution in [0, 0.1) is 18.6 Å². The van der Waals surface area contributed by atoms with Crippen LogP contribution < -0.4 is 5.32 Å². The number of fused-ring (bicyclic) bond motifs is 1. The Labute approximate surface area is 198 Å². The maximum Gasteiger partial charge on any atom is 0.259 e. The second-order valence-electron chi connectivity index (χ2n) is 8.53. The molecule has 4 aromatic heterocycles. The molecule has 35 heavy (non-hydrogen) atoms.